The van der Waals surface area contributed by atoms with Crippen LogP contribution >= 0.6 is 0 Å². The second kappa shape index (κ2) is 6.71. The quantitative estimate of drug-likeness (QED) is 0.718. The summed E-state index contributed by atoms with van der Waals surface area (Å²) in [5.74, 6) is 0. The third-order valence-corrected chi connectivity index (χ3v) is 3.04. The molecule has 1 aromatic rings. The van der Waals surface area contributed by atoms with Gasteiger partial charge in [-0.15, -0.1) is 0 Å². The average Bonchev–Trinajstić information content (AvgIpc) is 2.51. The van der Waals surface area contributed by atoms with Crippen molar-refractivity contribution in [2.45, 2.75) is 33.7 Å². The van der Waals surface area contributed by atoms with Crippen LogP contribution in [0.1, 0.15) is 30.3 Å². The third-order valence-electron chi connectivity index (χ3n) is 3.04. The molecule has 0 atom stereocenters. The lowest BCUT2D eigenvalue weighted by atomic mass is 10.2. The van der Waals surface area contributed by atoms with Gasteiger partial charge in [0.25, 0.3) is 0 Å². The number of hydrogen-bond acceptors (Lipinski definition) is 2. The van der Waals surface area contributed by atoms with Gasteiger partial charge in [0.05, 0.1) is 0 Å². The highest BCUT2D eigenvalue weighted by atomic mass is 16.5. The molecule has 0 unspecified atom stereocenters. The maximum atomic E-state index is 5.29. The number of hydrogen-bond donors (Lipinski definition) is 1. The Morgan fingerprint density at radius 3 is 2.69 bits per heavy atom. The molecule has 0 aliphatic rings. The molecule has 0 aliphatic carbocycles. The second-order valence-corrected chi connectivity index (χ2v) is 4.18. The summed E-state index contributed by atoms with van der Waals surface area (Å²) in [5, 5.41) is 3.45. The number of aromatic nitrogens is 1. The van der Waals surface area contributed by atoms with Crippen LogP contribution in [0.3, 0.4) is 0 Å². The van der Waals surface area contributed by atoms with Gasteiger partial charge >= 0.3 is 0 Å². The van der Waals surface area contributed by atoms with Crippen LogP contribution < -0.4 is 5.32 Å². The maximum Gasteiger partial charge on any atom is 0.0477 e. The smallest absolute Gasteiger partial charge is 0.0477 e. The average molecular weight is 224 g/mol. The van der Waals surface area contributed by atoms with E-state index in [0.717, 1.165) is 32.7 Å². The molecule has 0 saturated heterocycles. The van der Waals surface area contributed by atoms with Crippen molar-refractivity contribution in [2.24, 2.45) is 7.05 Å². The van der Waals surface area contributed by atoms with Gasteiger partial charge in [-0.1, -0.05) is 0 Å². The van der Waals surface area contributed by atoms with E-state index in [9.17, 15) is 0 Å². The van der Waals surface area contributed by atoms with Gasteiger partial charge in [-0.25, -0.2) is 0 Å². The Balaban J connectivity index is 2.24. The van der Waals surface area contributed by atoms with Crippen LogP contribution in [0.5, 0.6) is 0 Å². The Kier molecular flexibility index (Phi) is 5.56. The van der Waals surface area contributed by atoms with Crippen molar-refractivity contribution in [3.05, 3.63) is 23.0 Å². The molecule has 0 spiro atoms. The molecule has 0 aromatic carbocycles. The molecule has 1 heterocycles. The van der Waals surface area contributed by atoms with E-state index in [2.05, 4.69) is 36.8 Å². The van der Waals surface area contributed by atoms with Crippen molar-refractivity contribution < 1.29 is 4.74 Å². The molecule has 3 nitrogen and oxygen atoms in total. The highest BCUT2D eigenvalue weighted by molar-refractivity contribution is 5.26. The fourth-order valence-electron chi connectivity index (χ4n) is 1.78. The lowest BCUT2D eigenvalue weighted by Gasteiger charge is -2.05. The minimum Gasteiger partial charge on any atom is -0.382 e. The highest BCUT2D eigenvalue weighted by Crippen LogP contribution is 2.12. The Labute approximate surface area is 98.8 Å². The van der Waals surface area contributed by atoms with Crippen LogP contribution in [0, 0.1) is 13.8 Å². The molecule has 16 heavy (non-hydrogen) atoms. The Hall–Kier alpha value is -0.800. The fourth-order valence-corrected chi connectivity index (χ4v) is 1.78. The monoisotopic (exact) mass is 224 g/mol. The molecule has 0 saturated carbocycles. The van der Waals surface area contributed by atoms with Crippen LogP contribution in [0.25, 0.3) is 0 Å². The lowest BCUT2D eigenvalue weighted by molar-refractivity contribution is 0.144. The van der Waals surface area contributed by atoms with E-state index in [1.54, 1.807) is 0 Å². The van der Waals surface area contributed by atoms with Crippen molar-refractivity contribution in [3.8, 4) is 0 Å². The molecule has 0 radical (unpaired) electrons. The minimum absolute atomic E-state index is 0.816. The van der Waals surface area contributed by atoms with Gasteiger partial charge in [0.2, 0.25) is 0 Å². The van der Waals surface area contributed by atoms with Gasteiger partial charge in [-0.2, -0.15) is 0 Å². The molecule has 1 rings (SSSR count). The van der Waals surface area contributed by atoms with Crippen LogP contribution in [0.15, 0.2) is 6.07 Å². The van der Waals surface area contributed by atoms with Crippen LogP contribution in [0.4, 0.5) is 0 Å². The lowest BCUT2D eigenvalue weighted by Crippen LogP contribution is -2.16. The van der Waals surface area contributed by atoms with E-state index in [-0.39, 0.29) is 0 Å². The number of nitrogens with zero attached hydrogens (tertiary/aromatic N) is 1. The Morgan fingerprint density at radius 2 is 2.12 bits per heavy atom. The predicted octanol–water partition coefficient (Wildman–Crippen LogP) is 2.16. The van der Waals surface area contributed by atoms with Crippen molar-refractivity contribution in [3.63, 3.8) is 0 Å². The normalized spacial score (nSPS) is 11.0. The summed E-state index contributed by atoms with van der Waals surface area (Å²) in [4.78, 5) is 0. The molecule has 0 bridgehead atoms. The third kappa shape index (κ3) is 3.65. The van der Waals surface area contributed by atoms with Crippen LogP contribution in [-0.2, 0) is 18.3 Å². The first kappa shape index (κ1) is 13.3. The summed E-state index contributed by atoms with van der Waals surface area (Å²) in [6.45, 7) is 10.00. The summed E-state index contributed by atoms with van der Waals surface area (Å²) >= 11 is 0. The van der Waals surface area contributed by atoms with Crippen molar-refractivity contribution in [1.29, 1.82) is 0 Å². The fraction of sp³-hybridized carbons (Fsp3) is 0.692. The topological polar surface area (TPSA) is 26.2 Å². The number of nitrogens with one attached hydrogen (secondary N) is 1. The first-order valence-electron chi connectivity index (χ1n) is 6.07. The first-order chi connectivity index (χ1) is 7.66. The van der Waals surface area contributed by atoms with Crippen molar-refractivity contribution in [2.75, 3.05) is 19.8 Å². The molecule has 1 aromatic heterocycles. The van der Waals surface area contributed by atoms with Crippen molar-refractivity contribution >= 4 is 0 Å². The molecule has 0 amide bonds. The zero-order chi connectivity index (χ0) is 12.0. The van der Waals surface area contributed by atoms with Gasteiger partial charge in [-0.05, 0) is 45.4 Å². The molecule has 0 aliphatic heterocycles. The van der Waals surface area contributed by atoms with E-state index >= 15 is 0 Å². The zero-order valence-corrected chi connectivity index (χ0v) is 11.0. The van der Waals surface area contributed by atoms with Gasteiger partial charge in [0, 0.05) is 38.2 Å². The number of ether oxygens (including phenoxy) is 1. The largest absolute Gasteiger partial charge is 0.382 e. The van der Waals surface area contributed by atoms with Crippen molar-refractivity contribution in [1.82, 2.24) is 9.88 Å². The van der Waals surface area contributed by atoms with Gasteiger partial charge in [-0.3, -0.25) is 0 Å². The Morgan fingerprint density at radius 1 is 1.38 bits per heavy atom. The SMILES string of the molecule is CCOCCCNCc1cc(C)n(C)c1C. The number of rotatable bonds is 7. The highest BCUT2D eigenvalue weighted by Gasteiger charge is 2.04. The first-order valence-corrected chi connectivity index (χ1v) is 6.07. The van der Waals surface area contributed by atoms with Gasteiger partial charge in [0.1, 0.15) is 0 Å². The summed E-state index contributed by atoms with van der Waals surface area (Å²) in [6, 6.07) is 2.25. The van der Waals surface area contributed by atoms with Crippen LogP contribution in [-0.4, -0.2) is 24.3 Å². The predicted molar refractivity (Wildman–Crippen MR) is 67.7 cm³/mol. The summed E-state index contributed by atoms with van der Waals surface area (Å²) < 4.78 is 7.52. The molecular formula is C13H24N2O. The van der Waals surface area contributed by atoms with E-state index in [1.807, 2.05) is 6.92 Å². The standard InChI is InChI=1S/C13H24N2O/c1-5-16-8-6-7-14-10-13-9-11(2)15(4)12(13)3/h9,14H,5-8,10H2,1-4H3. The molecular weight excluding hydrogens is 200 g/mol. The molecule has 3 heteroatoms. The maximum absolute atomic E-state index is 5.29. The van der Waals surface area contributed by atoms with Gasteiger partial charge in [0.15, 0.2) is 0 Å². The Bertz CT molecular complexity index is 318. The number of aryl methyl sites for hydroxylation is 1. The van der Waals surface area contributed by atoms with E-state index < -0.39 is 0 Å². The van der Waals surface area contributed by atoms with Crippen LogP contribution in [0.2, 0.25) is 0 Å². The summed E-state index contributed by atoms with van der Waals surface area (Å²) in [6.07, 6.45) is 1.08. The van der Waals surface area contributed by atoms with Gasteiger partial charge < -0.3 is 14.6 Å². The second-order valence-electron chi connectivity index (χ2n) is 4.18. The minimum atomic E-state index is 0.816. The summed E-state index contributed by atoms with van der Waals surface area (Å²) in [7, 11) is 2.11. The van der Waals surface area contributed by atoms with E-state index in [0.29, 0.717) is 0 Å². The molecule has 0 fully saturated rings. The summed E-state index contributed by atoms with van der Waals surface area (Å²) in [5.41, 5.74) is 4.08. The van der Waals surface area contributed by atoms with E-state index in [1.165, 1.54) is 17.0 Å². The zero-order valence-electron chi connectivity index (χ0n) is 11.0. The van der Waals surface area contributed by atoms with E-state index in [4.69, 9.17) is 4.74 Å². The molecule has 92 valence electrons. The molecule has 1 N–H and O–H groups in total.